The molecule has 0 saturated carbocycles. The molecule has 116 valence electrons. The molecule has 0 bridgehead atoms. The van der Waals surface area contributed by atoms with Gasteiger partial charge >= 0.3 is 0 Å². The lowest BCUT2D eigenvalue weighted by Gasteiger charge is -2.26. The van der Waals surface area contributed by atoms with Gasteiger partial charge in [0, 0.05) is 13.1 Å². The van der Waals surface area contributed by atoms with Crippen LogP contribution in [-0.2, 0) is 11.2 Å². The van der Waals surface area contributed by atoms with Crippen molar-refractivity contribution < 1.29 is 9.47 Å². The van der Waals surface area contributed by atoms with Gasteiger partial charge in [-0.1, -0.05) is 36.4 Å². The minimum Gasteiger partial charge on any atom is -0.457 e. The first-order chi connectivity index (χ1) is 10.9. The van der Waals surface area contributed by atoms with E-state index in [-0.39, 0.29) is 0 Å². The Morgan fingerprint density at radius 3 is 2.45 bits per heavy atom. The third-order valence-corrected chi connectivity index (χ3v) is 3.97. The quantitative estimate of drug-likeness (QED) is 0.810. The number of morpholine rings is 1. The minimum absolute atomic E-state index is 0.869. The molecule has 0 amide bonds. The highest BCUT2D eigenvalue weighted by Crippen LogP contribution is 2.26. The van der Waals surface area contributed by atoms with Crippen molar-refractivity contribution in [3.05, 3.63) is 60.2 Å². The molecule has 1 aliphatic rings. The fourth-order valence-electron chi connectivity index (χ4n) is 2.74. The van der Waals surface area contributed by atoms with Crippen molar-refractivity contribution in [2.75, 3.05) is 32.8 Å². The van der Waals surface area contributed by atoms with Crippen molar-refractivity contribution in [3.8, 4) is 11.5 Å². The molecule has 0 unspecified atom stereocenters. The number of ether oxygens (including phenoxy) is 2. The van der Waals surface area contributed by atoms with Crippen LogP contribution < -0.4 is 4.74 Å². The molecule has 22 heavy (non-hydrogen) atoms. The molecule has 0 aromatic heterocycles. The number of para-hydroxylation sites is 2. The summed E-state index contributed by atoms with van der Waals surface area (Å²) in [5.41, 5.74) is 1.28. The zero-order chi connectivity index (χ0) is 15.0. The lowest BCUT2D eigenvalue weighted by molar-refractivity contribution is 0.0374. The van der Waals surface area contributed by atoms with Gasteiger partial charge in [0.15, 0.2) is 0 Å². The van der Waals surface area contributed by atoms with E-state index < -0.39 is 0 Å². The van der Waals surface area contributed by atoms with Crippen molar-refractivity contribution in [2.45, 2.75) is 12.8 Å². The van der Waals surface area contributed by atoms with Crippen molar-refractivity contribution >= 4 is 0 Å². The average molecular weight is 297 g/mol. The number of rotatable bonds is 6. The Morgan fingerprint density at radius 1 is 0.909 bits per heavy atom. The Morgan fingerprint density at radius 2 is 1.64 bits per heavy atom. The summed E-state index contributed by atoms with van der Waals surface area (Å²) in [5, 5.41) is 0. The molecular formula is C19H23NO2. The van der Waals surface area contributed by atoms with Crippen LogP contribution in [0.25, 0.3) is 0 Å². The van der Waals surface area contributed by atoms with Gasteiger partial charge in [-0.2, -0.15) is 0 Å². The first-order valence-electron chi connectivity index (χ1n) is 8.03. The SMILES string of the molecule is c1ccc(Oc2ccccc2CCCN2CCOCC2)cc1. The molecule has 3 rings (SSSR count). The largest absolute Gasteiger partial charge is 0.457 e. The number of hydrogen-bond donors (Lipinski definition) is 0. The van der Waals surface area contributed by atoms with E-state index in [2.05, 4.69) is 23.1 Å². The zero-order valence-electron chi connectivity index (χ0n) is 12.9. The highest BCUT2D eigenvalue weighted by Gasteiger charge is 2.10. The second-order valence-corrected chi connectivity index (χ2v) is 5.58. The fraction of sp³-hybridized carbons (Fsp3) is 0.368. The molecular weight excluding hydrogens is 274 g/mol. The Labute approximate surface area is 132 Å². The summed E-state index contributed by atoms with van der Waals surface area (Å²) in [7, 11) is 0. The predicted molar refractivity (Wildman–Crippen MR) is 88.5 cm³/mol. The molecule has 2 aromatic carbocycles. The maximum atomic E-state index is 6.02. The van der Waals surface area contributed by atoms with Crippen LogP contribution in [0.5, 0.6) is 11.5 Å². The molecule has 0 spiro atoms. The van der Waals surface area contributed by atoms with Crippen LogP contribution >= 0.6 is 0 Å². The maximum Gasteiger partial charge on any atom is 0.130 e. The Kier molecular flexibility index (Phi) is 5.46. The lowest BCUT2D eigenvalue weighted by Crippen LogP contribution is -2.36. The van der Waals surface area contributed by atoms with E-state index in [1.54, 1.807) is 0 Å². The molecule has 1 heterocycles. The molecule has 0 N–H and O–H groups in total. The number of benzene rings is 2. The van der Waals surface area contributed by atoms with E-state index in [1.165, 1.54) is 5.56 Å². The van der Waals surface area contributed by atoms with Crippen LogP contribution in [0.2, 0.25) is 0 Å². The molecule has 0 atom stereocenters. The van der Waals surface area contributed by atoms with E-state index in [0.717, 1.165) is 57.2 Å². The topological polar surface area (TPSA) is 21.7 Å². The third kappa shape index (κ3) is 4.33. The summed E-state index contributed by atoms with van der Waals surface area (Å²) in [6, 6.07) is 18.3. The van der Waals surface area contributed by atoms with Gasteiger partial charge in [0.1, 0.15) is 11.5 Å². The summed E-state index contributed by atoms with van der Waals surface area (Å²) in [6.07, 6.45) is 2.19. The molecule has 0 radical (unpaired) electrons. The second kappa shape index (κ2) is 7.97. The molecule has 1 fully saturated rings. The van der Waals surface area contributed by atoms with Gasteiger partial charge < -0.3 is 9.47 Å². The van der Waals surface area contributed by atoms with Crippen molar-refractivity contribution in [3.63, 3.8) is 0 Å². The van der Waals surface area contributed by atoms with E-state index in [9.17, 15) is 0 Å². The van der Waals surface area contributed by atoms with Crippen LogP contribution in [0.4, 0.5) is 0 Å². The molecule has 3 nitrogen and oxygen atoms in total. The highest BCUT2D eigenvalue weighted by atomic mass is 16.5. The van der Waals surface area contributed by atoms with Crippen LogP contribution in [0.15, 0.2) is 54.6 Å². The van der Waals surface area contributed by atoms with Gasteiger partial charge in [0.25, 0.3) is 0 Å². The second-order valence-electron chi connectivity index (χ2n) is 5.58. The van der Waals surface area contributed by atoms with Gasteiger partial charge in [-0.15, -0.1) is 0 Å². The summed E-state index contributed by atoms with van der Waals surface area (Å²) in [5.74, 6) is 1.86. The summed E-state index contributed by atoms with van der Waals surface area (Å²) < 4.78 is 11.4. The zero-order valence-corrected chi connectivity index (χ0v) is 12.9. The molecule has 1 saturated heterocycles. The van der Waals surface area contributed by atoms with E-state index >= 15 is 0 Å². The van der Waals surface area contributed by atoms with Crippen molar-refractivity contribution in [2.24, 2.45) is 0 Å². The van der Waals surface area contributed by atoms with E-state index in [4.69, 9.17) is 9.47 Å². The Balaban J connectivity index is 1.56. The van der Waals surface area contributed by atoms with Gasteiger partial charge in [0.05, 0.1) is 13.2 Å². The first-order valence-corrected chi connectivity index (χ1v) is 8.03. The molecule has 3 heteroatoms. The summed E-state index contributed by atoms with van der Waals surface area (Å²) in [6.45, 7) is 4.98. The fourth-order valence-corrected chi connectivity index (χ4v) is 2.74. The average Bonchev–Trinajstić information content (AvgIpc) is 2.58. The van der Waals surface area contributed by atoms with Crippen molar-refractivity contribution in [1.29, 1.82) is 0 Å². The van der Waals surface area contributed by atoms with Gasteiger partial charge in [-0.25, -0.2) is 0 Å². The van der Waals surface area contributed by atoms with Crippen LogP contribution in [0.1, 0.15) is 12.0 Å². The smallest absolute Gasteiger partial charge is 0.130 e. The third-order valence-electron chi connectivity index (χ3n) is 3.97. The van der Waals surface area contributed by atoms with Crippen LogP contribution in [0.3, 0.4) is 0 Å². The predicted octanol–water partition coefficient (Wildman–Crippen LogP) is 3.74. The first kappa shape index (κ1) is 15.1. The summed E-state index contributed by atoms with van der Waals surface area (Å²) in [4.78, 5) is 2.48. The maximum absolute atomic E-state index is 6.02. The van der Waals surface area contributed by atoms with Crippen molar-refractivity contribution in [1.82, 2.24) is 4.90 Å². The molecule has 1 aliphatic heterocycles. The highest BCUT2D eigenvalue weighted by molar-refractivity contribution is 5.37. The monoisotopic (exact) mass is 297 g/mol. The Hall–Kier alpha value is -1.84. The number of hydrogen-bond acceptors (Lipinski definition) is 3. The standard InChI is InChI=1S/C19H23NO2/c1-2-9-18(10-3-1)22-19-11-5-4-7-17(19)8-6-12-20-13-15-21-16-14-20/h1-5,7,9-11H,6,8,12-16H2. The Bertz CT molecular complexity index is 565. The normalized spacial score (nSPS) is 15.6. The van der Waals surface area contributed by atoms with Crippen LogP contribution in [0, 0.1) is 0 Å². The van der Waals surface area contributed by atoms with Gasteiger partial charge in [-0.05, 0) is 43.1 Å². The molecule has 2 aromatic rings. The summed E-state index contributed by atoms with van der Waals surface area (Å²) >= 11 is 0. The van der Waals surface area contributed by atoms with Gasteiger partial charge in [-0.3, -0.25) is 4.90 Å². The lowest BCUT2D eigenvalue weighted by atomic mass is 10.1. The minimum atomic E-state index is 0.869. The van der Waals surface area contributed by atoms with Gasteiger partial charge in [0.2, 0.25) is 0 Å². The number of nitrogens with zero attached hydrogens (tertiary/aromatic N) is 1. The van der Waals surface area contributed by atoms with E-state index in [1.807, 2.05) is 36.4 Å². The number of aryl methyl sites for hydroxylation is 1. The van der Waals surface area contributed by atoms with E-state index in [0.29, 0.717) is 0 Å². The molecule has 0 aliphatic carbocycles. The van der Waals surface area contributed by atoms with Crippen LogP contribution in [-0.4, -0.2) is 37.7 Å².